The second-order valence-corrected chi connectivity index (χ2v) is 5.39. The largest absolute Gasteiger partial charge is 0.307 e. The van der Waals surface area contributed by atoms with Gasteiger partial charge in [-0.2, -0.15) is 0 Å². The van der Waals surface area contributed by atoms with Gasteiger partial charge in [-0.3, -0.25) is 0 Å². The molecule has 1 aromatic carbocycles. The van der Waals surface area contributed by atoms with Crippen molar-refractivity contribution in [1.29, 1.82) is 0 Å². The number of hydrogen-bond acceptors (Lipinski definition) is 1. The molecule has 0 spiro atoms. The van der Waals surface area contributed by atoms with Gasteiger partial charge in [0.1, 0.15) is 11.6 Å². The summed E-state index contributed by atoms with van der Waals surface area (Å²) >= 11 is 0. The van der Waals surface area contributed by atoms with Crippen LogP contribution in [0.1, 0.15) is 51.1 Å². The van der Waals surface area contributed by atoms with E-state index in [1.165, 1.54) is 37.8 Å². The minimum atomic E-state index is -0.381. The Morgan fingerprint density at radius 2 is 1.83 bits per heavy atom. The van der Waals surface area contributed by atoms with Gasteiger partial charge in [0.2, 0.25) is 0 Å². The fraction of sp³-hybridized carbons (Fsp3) is 0.600. The zero-order chi connectivity index (χ0) is 13.1. The molecule has 100 valence electrons. The highest BCUT2D eigenvalue weighted by atomic mass is 19.1. The number of benzene rings is 1. The third-order valence-corrected chi connectivity index (χ3v) is 4.04. The second kappa shape index (κ2) is 5.79. The minimum Gasteiger partial charge on any atom is -0.307 e. The van der Waals surface area contributed by atoms with Crippen molar-refractivity contribution in [3.63, 3.8) is 0 Å². The lowest BCUT2D eigenvalue weighted by atomic mass is 9.97. The van der Waals surface area contributed by atoms with Crippen LogP contribution < -0.4 is 5.32 Å². The average Bonchev–Trinajstić information content (AvgIpc) is 2.85. The molecule has 18 heavy (non-hydrogen) atoms. The summed E-state index contributed by atoms with van der Waals surface area (Å²) in [4.78, 5) is 0. The molecular weight excluding hydrogens is 232 g/mol. The Bertz CT molecular complexity index is 399. The van der Waals surface area contributed by atoms with Gasteiger partial charge in [-0.05, 0) is 50.8 Å². The molecule has 0 saturated heterocycles. The number of nitrogens with one attached hydrogen (secondary N) is 1. The molecule has 1 aromatic rings. The van der Waals surface area contributed by atoms with E-state index in [4.69, 9.17) is 0 Å². The Labute approximate surface area is 108 Å². The van der Waals surface area contributed by atoms with Crippen molar-refractivity contribution in [2.24, 2.45) is 5.92 Å². The van der Waals surface area contributed by atoms with Gasteiger partial charge in [-0.25, -0.2) is 8.78 Å². The van der Waals surface area contributed by atoms with Crippen molar-refractivity contribution < 1.29 is 8.78 Å². The first-order valence-electron chi connectivity index (χ1n) is 6.79. The molecule has 3 heteroatoms. The zero-order valence-corrected chi connectivity index (χ0v) is 11.0. The molecule has 1 saturated carbocycles. The van der Waals surface area contributed by atoms with E-state index in [9.17, 15) is 8.78 Å². The minimum absolute atomic E-state index is 0.156. The van der Waals surface area contributed by atoms with Gasteiger partial charge >= 0.3 is 0 Å². The van der Waals surface area contributed by atoms with Crippen LogP contribution in [0.4, 0.5) is 8.78 Å². The molecule has 0 amide bonds. The van der Waals surface area contributed by atoms with E-state index in [2.05, 4.69) is 12.2 Å². The maximum absolute atomic E-state index is 13.6. The summed E-state index contributed by atoms with van der Waals surface area (Å²) in [7, 11) is 0. The van der Waals surface area contributed by atoms with E-state index in [-0.39, 0.29) is 17.7 Å². The van der Waals surface area contributed by atoms with Gasteiger partial charge in [-0.15, -0.1) is 0 Å². The first-order valence-corrected chi connectivity index (χ1v) is 6.79. The quantitative estimate of drug-likeness (QED) is 0.848. The summed E-state index contributed by atoms with van der Waals surface area (Å²) in [5.74, 6) is -0.0485. The molecule has 2 atom stereocenters. The van der Waals surface area contributed by atoms with Crippen molar-refractivity contribution >= 4 is 0 Å². The van der Waals surface area contributed by atoms with Crippen molar-refractivity contribution in [2.45, 2.75) is 51.6 Å². The third-order valence-electron chi connectivity index (χ3n) is 4.04. The fourth-order valence-electron chi connectivity index (χ4n) is 2.92. The van der Waals surface area contributed by atoms with Gasteiger partial charge in [0, 0.05) is 17.6 Å². The fourth-order valence-corrected chi connectivity index (χ4v) is 2.92. The number of rotatable bonds is 4. The van der Waals surface area contributed by atoms with E-state index in [1.807, 2.05) is 6.92 Å². The smallest absolute Gasteiger partial charge is 0.128 e. The highest BCUT2D eigenvalue weighted by molar-refractivity contribution is 5.21. The van der Waals surface area contributed by atoms with E-state index < -0.39 is 0 Å². The number of halogens is 2. The summed E-state index contributed by atoms with van der Waals surface area (Å²) < 4.78 is 26.8. The van der Waals surface area contributed by atoms with E-state index in [1.54, 1.807) is 0 Å². The Morgan fingerprint density at radius 3 is 2.50 bits per heavy atom. The van der Waals surface area contributed by atoms with Gasteiger partial charge in [-0.1, -0.05) is 12.8 Å². The predicted molar refractivity (Wildman–Crippen MR) is 69.3 cm³/mol. The molecular formula is C15H21F2N. The molecule has 0 bridgehead atoms. The molecule has 1 aliphatic rings. The van der Waals surface area contributed by atoms with Crippen molar-refractivity contribution in [2.75, 3.05) is 0 Å². The molecule has 0 aromatic heterocycles. The molecule has 1 N–H and O–H groups in total. The lowest BCUT2D eigenvalue weighted by molar-refractivity contribution is 0.348. The Balaban J connectivity index is 2.02. The van der Waals surface area contributed by atoms with E-state index in [0.717, 1.165) is 6.07 Å². The van der Waals surface area contributed by atoms with Gasteiger partial charge in [0.15, 0.2) is 0 Å². The standard InChI is InChI=1S/C15H21F2N/c1-10(12-5-3-4-6-12)18-11(2)14-9-13(16)7-8-15(14)17/h7-12,18H,3-6H2,1-2H3/t10-,11?/m0/s1. The average molecular weight is 253 g/mol. The summed E-state index contributed by atoms with van der Waals surface area (Å²) in [6.07, 6.45) is 5.07. The molecule has 0 heterocycles. The summed E-state index contributed by atoms with van der Waals surface area (Å²) in [5, 5.41) is 3.40. The Morgan fingerprint density at radius 1 is 1.17 bits per heavy atom. The van der Waals surface area contributed by atoms with Gasteiger partial charge in [0.25, 0.3) is 0 Å². The topological polar surface area (TPSA) is 12.0 Å². The first kappa shape index (κ1) is 13.5. The molecule has 2 rings (SSSR count). The lowest BCUT2D eigenvalue weighted by Gasteiger charge is -2.25. The first-order chi connectivity index (χ1) is 8.58. The summed E-state index contributed by atoms with van der Waals surface area (Å²) in [6.45, 7) is 4.03. The van der Waals surface area contributed by atoms with Crippen molar-refractivity contribution in [3.8, 4) is 0 Å². The summed E-state index contributed by atoms with van der Waals surface area (Å²) in [5.41, 5.74) is 0.417. The zero-order valence-electron chi connectivity index (χ0n) is 11.0. The van der Waals surface area contributed by atoms with Crippen LogP contribution in [0.2, 0.25) is 0 Å². The van der Waals surface area contributed by atoms with E-state index in [0.29, 0.717) is 17.5 Å². The van der Waals surface area contributed by atoms with Crippen LogP contribution >= 0.6 is 0 Å². The molecule has 1 aliphatic carbocycles. The molecule has 1 nitrogen and oxygen atoms in total. The van der Waals surface area contributed by atoms with Crippen molar-refractivity contribution in [1.82, 2.24) is 5.32 Å². The summed E-state index contributed by atoms with van der Waals surface area (Å²) in [6, 6.07) is 3.84. The Kier molecular flexibility index (Phi) is 4.33. The van der Waals surface area contributed by atoms with Crippen LogP contribution in [-0.4, -0.2) is 6.04 Å². The van der Waals surface area contributed by atoms with E-state index >= 15 is 0 Å². The van der Waals surface area contributed by atoms with Gasteiger partial charge < -0.3 is 5.32 Å². The van der Waals surface area contributed by atoms with Crippen LogP contribution in [0.25, 0.3) is 0 Å². The monoisotopic (exact) mass is 253 g/mol. The SMILES string of the molecule is CC(N[C@@H](C)C1CCCC1)c1cc(F)ccc1F. The highest BCUT2D eigenvalue weighted by Gasteiger charge is 2.23. The van der Waals surface area contributed by atoms with Crippen LogP contribution in [0.15, 0.2) is 18.2 Å². The van der Waals surface area contributed by atoms with Crippen LogP contribution in [0.3, 0.4) is 0 Å². The van der Waals surface area contributed by atoms with Gasteiger partial charge in [0.05, 0.1) is 0 Å². The molecule has 0 radical (unpaired) electrons. The maximum Gasteiger partial charge on any atom is 0.128 e. The molecule has 1 unspecified atom stereocenters. The maximum atomic E-state index is 13.6. The van der Waals surface area contributed by atoms with Crippen LogP contribution in [0, 0.1) is 17.6 Å². The second-order valence-electron chi connectivity index (χ2n) is 5.39. The third kappa shape index (κ3) is 3.08. The van der Waals surface area contributed by atoms with Crippen molar-refractivity contribution in [3.05, 3.63) is 35.4 Å². The Hall–Kier alpha value is -0.960. The highest BCUT2D eigenvalue weighted by Crippen LogP contribution is 2.29. The molecule has 1 fully saturated rings. The van der Waals surface area contributed by atoms with Crippen LogP contribution in [-0.2, 0) is 0 Å². The van der Waals surface area contributed by atoms with Crippen LogP contribution in [0.5, 0.6) is 0 Å². The molecule has 0 aliphatic heterocycles. The predicted octanol–water partition coefficient (Wildman–Crippen LogP) is 4.19. The normalized spacial score (nSPS) is 20.0. The lowest BCUT2D eigenvalue weighted by Crippen LogP contribution is -2.34. The number of hydrogen-bond donors (Lipinski definition) is 1.